The number of imide groups is 1. The number of hydrogen-bond donors (Lipinski definition) is 2. The molecule has 3 aromatic rings. The molecule has 1 aliphatic rings. The summed E-state index contributed by atoms with van der Waals surface area (Å²) in [5.41, 5.74) is 0.481. The van der Waals surface area contributed by atoms with Crippen LogP contribution in [0.2, 0.25) is 0 Å². The predicted molar refractivity (Wildman–Crippen MR) is 119 cm³/mol. The Labute approximate surface area is 182 Å². The fraction of sp³-hybridized carbons (Fsp3) is 0.381. The molecule has 0 unspecified atom stereocenters. The molecule has 31 heavy (non-hydrogen) atoms. The fourth-order valence-electron chi connectivity index (χ4n) is 3.88. The summed E-state index contributed by atoms with van der Waals surface area (Å²) in [6.07, 6.45) is 6.90. The summed E-state index contributed by atoms with van der Waals surface area (Å²) in [5.74, 6) is -0.0475. The van der Waals surface area contributed by atoms with E-state index in [1.807, 2.05) is 12.1 Å². The predicted octanol–water partition coefficient (Wildman–Crippen LogP) is 2.48. The van der Waals surface area contributed by atoms with Gasteiger partial charge in [0, 0.05) is 12.6 Å². The van der Waals surface area contributed by atoms with Crippen LogP contribution in [0.15, 0.2) is 46.9 Å². The highest BCUT2D eigenvalue weighted by molar-refractivity contribution is 7.99. The molecule has 0 spiro atoms. The Balaban J connectivity index is 1.51. The second-order valence-corrected chi connectivity index (χ2v) is 8.43. The lowest BCUT2D eigenvalue weighted by Gasteiger charge is -2.22. The molecule has 2 heterocycles. The van der Waals surface area contributed by atoms with Gasteiger partial charge in [0.05, 0.1) is 16.7 Å². The number of allylic oxidation sites excluding steroid dienone is 1. The Morgan fingerprint density at radius 1 is 1.19 bits per heavy atom. The van der Waals surface area contributed by atoms with E-state index in [0.717, 1.165) is 37.4 Å². The van der Waals surface area contributed by atoms with E-state index in [2.05, 4.69) is 27.4 Å². The van der Waals surface area contributed by atoms with Crippen LogP contribution in [0.1, 0.15) is 32.1 Å². The number of nitrogens with zero attached hydrogens (tertiary/aromatic N) is 4. The molecule has 2 N–H and O–H groups in total. The van der Waals surface area contributed by atoms with Crippen molar-refractivity contribution in [1.29, 1.82) is 0 Å². The number of fused-ring (bicyclic) bond motifs is 3. The maximum atomic E-state index is 12.8. The average molecular weight is 441 g/mol. The molecule has 0 aliphatic heterocycles. The van der Waals surface area contributed by atoms with Gasteiger partial charge in [-0.1, -0.05) is 49.2 Å². The number of rotatable bonds is 6. The van der Waals surface area contributed by atoms with Crippen LogP contribution in [-0.4, -0.2) is 42.9 Å². The molecule has 0 saturated heterocycles. The molecule has 3 amide bonds. The Kier molecular flexibility index (Phi) is 6.36. The summed E-state index contributed by atoms with van der Waals surface area (Å²) in [4.78, 5) is 37.2. The maximum absolute atomic E-state index is 12.8. The summed E-state index contributed by atoms with van der Waals surface area (Å²) >= 11 is 1.16. The normalized spacial score (nSPS) is 14.6. The second-order valence-electron chi connectivity index (χ2n) is 7.48. The van der Waals surface area contributed by atoms with Crippen molar-refractivity contribution >= 4 is 40.4 Å². The van der Waals surface area contributed by atoms with Crippen LogP contribution >= 0.6 is 11.8 Å². The molecular formula is C21H24N6O3S. The van der Waals surface area contributed by atoms with Gasteiger partial charge < -0.3 is 5.32 Å². The van der Waals surface area contributed by atoms with Crippen LogP contribution in [0, 0.1) is 0 Å². The number of carbonyl (C=O) groups excluding carboxylic acids is 2. The van der Waals surface area contributed by atoms with Gasteiger partial charge in [0.2, 0.25) is 11.7 Å². The lowest BCUT2D eigenvalue weighted by molar-refractivity contribution is -0.117. The van der Waals surface area contributed by atoms with Crippen molar-refractivity contribution in [1.82, 2.24) is 29.8 Å². The van der Waals surface area contributed by atoms with E-state index < -0.39 is 11.9 Å². The number of amides is 3. The van der Waals surface area contributed by atoms with Gasteiger partial charge in [-0.05, 0) is 25.0 Å². The number of para-hydroxylation sites is 1. The van der Waals surface area contributed by atoms with Crippen LogP contribution in [0.5, 0.6) is 0 Å². The van der Waals surface area contributed by atoms with E-state index in [-0.39, 0.29) is 23.9 Å². The highest BCUT2D eigenvalue weighted by Gasteiger charge is 2.19. The lowest BCUT2D eigenvalue weighted by atomic mass is 9.96. The first-order chi connectivity index (χ1) is 15.1. The molecular weight excluding hydrogens is 416 g/mol. The van der Waals surface area contributed by atoms with Gasteiger partial charge in [-0.15, -0.1) is 16.8 Å². The van der Waals surface area contributed by atoms with Gasteiger partial charge in [0.1, 0.15) is 0 Å². The number of nitrogens with one attached hydrogen (secondary N) is 2. The topological polar surface area (TPSA) is 110 Å². The van der Waals surface area contributed by atoms with Gasteiger partial charge in [-0.3, -0.25) is 23.9 Å². The third-order valence-corrected chi connectivity index (χ3v) is 6.24. The Bertz CT molecular complexity index is 1200. The molecule has 1 aromatic carbocycles. The van der Waals surface area contributed by atoms with Crippen molar-refractivity contribution in [3.05, 3.63) is 47.3 Å². The highest BCUT2D eigenvalue weighted by Crippen LogP contribution is 2.21. The van der Waals surface area contributed by atoms with Crippen LogP contribution < -0.4 is 16.2 Å². The van der Waals surface area contributed by atoms with Crippen molar-refractivity contribution in [2.75, 3.05) is 5.75 Å². The van der Waals surface area contributed by atoms with Gasteiger partial charge >= 0.3 is 6.03 Å². The Morgan fingerprint density at radius 3 is 2.74 bits per heavy atom. The van der Waals surface area contributed by atoms with Crippen molar-refractivity contribution in [3.8, 4) is 0 Å². The van der Waals surface area contributed by atoms with Crippen molar-refractivity contribution in [2.45, 2.75) is 49.8 Å². The highest BCUT2D eigenvalue weighted by atomic mass is 32.2. The number of aromatic nitrogens is 4. The van der Waals surface area contributed by atoms with Gasteiger partial charge in [0.15, 0.2) is 5.16 Å². The number of benzene rings is 1. The Hall–Kier alpha value is -3.14. The minimum atomic E-state index is -0.464. The standard InChI is InChI=1S/C21H24N6O3S/c1-2-12-26-18(29)15-10-6-7-11-16(15)27-20(26)24-25-21(27)31-13-17(28)23-19(30)22-14-8-4-3-5-9-14/h2,6-7,10-11,14H,1,3-5,8-9,12-13H2,(H2,22,23,28,30). The summed E-state index contributed by atoms with van der Waals surface area (Å²) < 4.78 is 3.24. The first-order valence-corrected chi connectivity index (χ1v) is 11.3. The van der Waals surface area contributed by atoms with E-state index in [1.165, 1.54) is 11.0 Å². The number of urea groups is 1. The van der Waals surface area contributed by atoms with E-state index >= 15 is 0 Å². The molecule has 2 aromatic heterocycles. The molecule has 0 bridgehead atoms. The van der Waals surface area contributed by atoms with Gasteiger partial charge in [-0.25, -0.2) is 4.79 Å². The second kappa shape index (κ2) is 9.34. The third-order valence-electron chi connectivity index (χ3n) is 5.32. The van der Waals surface area contributed by atoms with Crippen LogP contribution in [-0.2, 0) is 11.3 Å². The first kappa shape index (κ1) is 21.1. The average Bonchev–Trinajstić information content (AvgIpc) is 3.20. The zero-order valence-electron chi connectivity index (χ0n) is 17.0. The summed E-state index contributed by atoms with van der Waals surface area (Å²) in [7, 11) is 0. The molecule has 1 saturated carbocycles. The largest absolute Gasteiger partial charge is 0.335 e. The van der Waals surface area contributed by atoms with E-state index in [4.69, 9.17) is 0 Å². The SMILES string of the molecule is C=CCn1c(=O)c2ccccc2n2c(SCC(=O)NC(=O)NC3CCCCC3)nnc12. The molecule has 10 heteroatoms. The van der Waals surface area contributed by atoms with Crippen LogP contribution in [0.4, 0.5) is 4.79 Å². The molecule has 4 rings (SSSR count). The van der Waals surface area contributed by atoms with Crippen molar-refractivity contribution in [2.24, 2.45) is 0 Å². The van der Waals surface area contributed by atoms with E-state index in [0.29, 0.717) is 21.8 Å². The van der Waals surface area contributed by atoms with Gasteiger partial charge in [-0.2, -0.15) is 0 Å². The quantitative estimate of drug-likeness (QED) is 0.450. The zero-order chi connectivity index (χ0) is 21.8. The molecule has 1 fully saturated rings. The third kappa shape index (κ3) is 4.48. The monoisotopic (exact) mass is 440 g/mol. The minimum Gasteiger partial charge on any atom is -0.335 e. The van der Waals surface area contributed by atoms with E-state index in [1.54, 1.807) is 22.6 Å². The minimum absolute atomic E-state index is 0.00616. The zero-order valence-corrected chi connectivity index (χ0v) is 17.9. The fourth-order valence-corrected chi connectivity index (χ4v) is 4.62. The molecule has 9 nitrogen and oxygen atoms in total. The van der Waals surface area contributed by atoms with E-state index in [9.17, 15) is 14.4 Å². The molecule has 1 aliphatic carbocycles. The first-order valence-electron chi connectivity index (χ1n) is 10.3. The Morgan fingerprint density at radius 2 is 1.97 bits per heavy atom. The summed E-state index contributed by atoms with van der Waals surface area (Å²) in [5, 5.41) is 14.6. The van der Waals surface area contributed by atoms with Crippen molar-refractivity contribution < 1.29 is 9.59 Å². The van der Waals surface area contributed by atoms with Gasteiger partial charge in [0.25, 0.3) is 5.56 Å². The number of thioether (sulfide) groups is 1. The molecule has 0 atom stereocenters. The summed E-state index contributed by atoms with van der Waals surface area (Å²) in [6.45, 7) is 4.00. The summed E-state index contributed by atoms with van der Waals surface area (Å²) in [6, 6.07) is 6.84. The van der Waals surface area contributed by atoms with Crippen molar-refractivity contribution in [3.63, 3.8) is 0 Å². The smallest absolute Gasteiger partial charge is 0.321 e. The van der Waals surface area contributed by atoms with Crippen LogP contribution in [0.25, 0.3) is 16.7 Å². The lowest BCUT2D eigenvalue weighted by Crippen LogP contribution is -2.45. The maximum Gasteiger partial charge on any atom is 0.321 e. The molecule has 0 radical (unpaired) electrons. The number of carbonyl (C=O) groups is 2. The van der Waals surface area contributed by atoms with Crippen LogP contribution in [0.3, 0.4) is 0 Å². The number of hydrogen-bond acceptors (Lipinski definition) is 6. The molecule has 162 valence electrons.